The summed E-state index contributed by atoms with van der Waals surface area (Å²) in [6, 6.07) is 11.2. The molecule has 3 rings (SSSR count). The van der Waals surface area contributed by atoms with Gasteiger partial charge in [-0.2, -0.15) is 0 Å². The second-order valence-corrected chi connectivity index (χ2v) is 5.77. The molecule has 0 bridgehead atoms. The van der Waals surface area contributed by atoms with Gasteiger partial charge >= 0.3 is 6.03 Å². The summed E-state index contributed by atoms with van der Waals surface area (Å²) in [7, 11) is 1.56. The van der Waals surface area contributed by atoms with Gasteiger partial charge in [-0.1, -0.05) is 24.3 Å². The lowest BCUT2D eigenvalue weighted by atomic mass is 10.0. The van der Waals surface area contributed by atoms with E-state index in [9.17, 15) is 4.79 Å². The van der Waals surface area contributed by atoms with Gasteiger partial charge in [-0.05, 0) is 30.5 Å². The van der Waals surface area contributed by atoms with Crippen molar-refractivity contribution in [1.82, 2.24) is 15.6 Å². The van der Waals surface area contributed by atoms with E-state index in [0.29, 0.717) is 19.0 Å². The van der Waals surface area contributed by atoms with Crippen molar-refractivity contribution in [2.24, 2.45) is 0 Å². The van der Waals surface area contributed by atoms with Crippen LogP contribution in [0.25, 0.3) is 0 Å². The molecule has 0 saturated heterocycles. The Bertz CT molecular complexity index is 733. The normalized spacial score (nSPS) is 15.8. The van der Waals surface area contributed by atoms with Crippen molar-refractivity contribution in [2.45, 2.75) is 25.9 Å². The number of aryl methyl sites for hydroxylation is 1. The summed E-state index contributed by atoms with van der Waals surface area (Å²) < 4.78 is 10.9. The average molecular weight is 327 g/mol. The number of para-hydroxylation sites is 1. The van der Waals surface area contributed by atoms with Crippen LogP contribution in [-0.4, -0.2) is 30.8 Å². The van der Waals surface area contributed by atoms with Crippen LogP contribution in [0.4, 0.5) is 4.79 Å². The van der Waals surface area contributed by atoms with E-state index in [1.165, 1.54) is 0 Å². The van der Waals surface area contributed by atoms with Crippen molar-refractivity contribution in [3.8, 4) is 11.6 Å². The predicted octanol–water partition coefficient (Wildman–Crippen LogP) is 2.20. The zero-order chi connectivity index (χ0) is 16.9. The number of hydrogen-bond donors (Lipinski definition) is 2. The number of pyridine rings is 1. The molecule has 1 atom stereocenters. The molecule has 24 heavy (non-hydrogen) atoms. The van der Waals surface area contributed by atoms with Crippen molar-refractivity contribution >= 4 is 6.03 Å². The molecule has 2 amide bonds. The van der Waals surface area contributed by atoms with E-state index in [-0.39, 0.29) is 12.1 Å². The lowest BCUT2D eigenvalue weighted by Gasteiger charge is -2.27. The van der Waals surface area contributed by atoms with Gasteiger partial charge in [-0.25, -0.2) is 9.78 Å². The van der Waals surface area contributed by atoms with E-state index in [2.05, 4.69) is 15.6 Å². The third-order valence-electron chi connectivity index (χ3n) is 3.94. The number of carbonyl (C=O) groups is 1. The van der Waals surface area contributed by atoms with Crippen molar-refractivity contribution in [3.63, 3.8) is 0 Å². The first kappa shape index (κ1) is 16.1. The summed E-state index contributed by atoms with van der Waals surface area (Å²) in [4.78, 5) is 16.3. The van der Waals surface area contributed by atoms with Gasteiger partial charge in [0.05, 0.1) is 25.4 Å². The molecule has 6 nitrogen and oxygen atoms in total. The Hall–Kier alpha value is -2.76. The van der Waals surface area contributed by atoms with Crippen molar-refractivity contribution in [2.75, 3.05) is 13.7 Å². The van der Waals surface area contributed by atoms with Crippen molar-refractivity contribution in [1.29, 1.82) is 0 Å². The molecule has 1 aromatic carbocycles. The highest BCUT2D eigenvalue weighted by Crippen LogP contribution is 2.28. The molecule has 0 aliphatic carbocycles. The first-order chi connectivity index (χ1) is 11.7. The molecule has 2 aromatic rings. The Labute approximate surface area is 141 Å². The maximum Gasteiger partial charge on any atom is 0.315 e. The SMILES string of the molecule is COc1cccc(CNC(=O)NC2COc3c(C)cccc3C2)n1. The molecule has 6 heteroatoms. The fourth-order valence-corrected chi connectivity index (χ4v) is 2.76. The highest BCUT2D eigenvalue weighted by molar-refractivity contribution is 5.74. The van der Waals surface area contributed by atoms with Crippen LogP contribution in [0, 0.1) is 6.92 Å². The smallest absolute Gasteiger partial charge is 0.315 e. The fourth-order valence-electron chi connectivity index (χ4n) is 2.76. The van der Waals surface area contributed by atoms with Gasteiger partial charge in [0, 0.05) is 6.07 Å². The number of nitrogens with one attached hydrogen (secondary N) is 2. The van der Waals surface area contributed by atoms with E-state index in [4.69, 9.17) is 9.47 Å². The number of benzene rings is 1. The number of urea groups is 1. The van der Waals surface area contributed by atoms with Crippen LogP contribution in [0.1, 0.15) is 16.8 Å². The largest absolute Gasteiger partial charge is 0.491 e. The quantitative estimate of drug-likeness (QED) is 0.903. The van der Waals surface area contributed by atoms with Gasteiger partial charge in [-0.15, -0.1) is 0 Å². The highest BCUT2D eigenvalue weighted by atomic mass is 16.5. The number of methoxy groups -OCH3 is 1. The van der Waals surface area contributed by atoms with Gasteiger partial charge < -0.3 is 20.1 Å². The highest BCUT2D eigenvalue weighted by Gasteiger charge is 2.22. The minimum absolute atomic E-state index is 0.0439. The second-order valence-electron chi connectivity index (χ2n) is 5.77. The predicted molar refractivity (Wildman–Crippen MR) is 90.3 cm³/mol. The maximum absolute atomic E-state index is 12.1. The van der Waals surface area contributed by atoms with E-state index < -0.39 is 0 Å². The zero-order valence-electron chi connectivity index (χ0n) is 13.8. The molecule has 1 aromatic heterocycles. The Kier molecular flexibility index (Phi) is 4.84. The van der Waals surface area contributed by atoms with E-state index >= 15 is 0 Å². The number of nitrogens with zero attached hydrogens (tertiary/aromatic N) is 1. The third kappa shape index (κ3) is 3.76. The average Bonchev–Trinajstić information content (AvgIpc) is 2.60. The monoisotopic (exact) mass is 327 g/mol. The van der Waals surface area contributed by atoms with E-state index in [1.807, 2.05) is 37.3 Å². The molecule has 126 valence electrons. The summed E-state index contributed by atoms with van der Waals surface area (Å²) in [5.41, 5.74) is 2.99. The second kappa shape index (κ2) is 7.21. The number of ether oxygens (including phenoxy) is 2. The third-order valence-corrected chi connectivity index (χ3v) is 3.94. The van der Waals surface area contributed by atoms with Gasteiger partial charge in [0.25, 0.3) is 0 Å². The summed E-state index contributed by atoms with van der Waals surface area (Å²) >= 11 is 0. The fraction of sp³-hybridized carbons (Fsp3) is 0.333. The molecule has 1 aliphatic heterocycles. The molecule has 1 aliphatic rings. The van der Waals surface area contributed by atoms with Gasteiger partial charge in [0.15, 0.2) is 0 Å². The maximum atomic E-state index is 12.1. The topological polar surface area (TPSA) is 72.5 Å². The number of amides is 2. The summed E-state index contributed by atoms with van der Waals surface area (Å²) in [6.45, 7) is 2.84. The Morgan fingerprint density at radius 3 is 3.00 bits per heavy atom. The van der Waals surface area contributed by atoms with Crippen LogP contribution in [0.5, 0.6) is 11.6 Å². The first-order valence-electron chi connectivity index (χ1n) is 7.91. The number of aromatic nitrogens is 1. The lowest BCUT2D eigenvalue weighted by molar-refractivity contribution is 0.213. The van der Waals surface area contributed by atoms with Crippen LogP contribution in [0.2, 0.25) is 0 Å². The molecule has 2 N–H and O–H groups in total. The van der Waals surface area contributed by atoms with Crippen LogP contribution in [0.15, 0.2) is 36.4 Å². The number of fused-ring (bicyclic) bond motifs is 1. The summed E-state index contributed by atoms with van der Waals surface area (Å²) in [6.07, 6.45) is 0.766. The number of rotatable bonds is 4. The molecule has 0 fully saturated rings. The minimum Gasteiger partial charge on any atom is -0.491 e. The molecule has 0 spiro atoms. The summed E-state index contributed by atoms with van der Waals surface area (Å²) in [5.74, 6) is 1.47. The first-order valence-corrected chi connectivity index (χ1v) is 7.91. The molecule has 0 saturated carbocycles. The Balaban J connectivity index is 1.52. The van der Waals surface area contributed by atoms with Gasteiger partial charge in [0.2, 0.25) is 5.88 Å². The molecule has 0 radical (unpaired) electrons. The van der Waals surface area contributed by atoms with Crippen LogP contribution >= 0.6 is 0 Å². The van der Waals surface area contributed by atoms with Crippen LogP contribution < -0.4 is 20.1 Å². The number of carbonyl (C=O) groups excluding carboxylic acids is 1. The number of hydrogen-bond acceptors (Lipinski definition) is 4. The van der Waals surface area contributed by atoms with Crippen molar-refractivity contribution < 1.29 is 14.3 Å². The lowest BCUT2D eigenvalue weighted by Crippen LogP contribution is -2.47. The molecular weight excluding hydrogens is 306 g/mol. The van der Waals surface area contributed by atoms with E-state index in [1.54, 1.807) is 13.2 Å². The Morgan fingerprint density at radius 2 is 2.17 bits per heavy atom. The zero-order valence-corrected chi connectivity index (χ0v) is 13.8. The van der Waals surface area contributed by atoms with Crippen LogP contribution in [0.3, 0.4) is 0 Å². The molecule has 2 heterocycles. The van der Waals surface area contributed by atoms with Crippen LogP contribution in [-0.2, 0) is 13.0 Å². The minimum atomic E-state index is -0.232. The Morgan fingerprint density at radius 1 is 1.33 bits per heavy atom. The molecule has 1 unspecified atom stereocenters. The standard InChI is InChI=1S/C18H21N3O3/c1-12-5-3-6-13-9-15(11-24-17(12)13)21-18(22)19-10-14-7-4-8-16(20-14)23-2/h3-8,15H,9-11H2,1-2H3,(H2,19,21,22). The van der Waals surface area contributed by atoms with E-state index in [0.717, 1.165) is 29.0 Å². The molecular formula is C18H21N3O3. The van der Waals surface area contributed by atoms with Gasteiger partial charge in [-0.3, -0.25) is 0 Å². The van der Waals surface area contributed by atoms with Gasteiger partial charge in [0.1, 0.15) is 12.4 Å². The van der Waals surface area contributed by atoms with Crippen molar-refractivity contribution in [3.05, 3.63) is 53.2 Å². The summed E-state index contributed by atoms with van der Waals surface area (Å²) in [5, 5.41) is 5.75.